The molecule has 3 nitrogen and oxygen atoms in total. The van der Waals surface area contributed by atoms with Crippen molar-refractivity contribution >= 4 is 17.9 Å². The summed E-state index contributed by atoms with van der Waals surface area (Å²) in [4.78, 5) is 12.9. The predicted molar refractivity (Wildman–Crippen MR) is 61.0 cm³/mol. The number of hydrogen-bond acceptors (Lipinski definition) is 3. The minimum absolute atomic E-state index is 0.161. The second-order valence-electron chi connectivity index (χ2n) is 3.56. The molecule has 8 heteroatoms. The summed E-state index contributed by atoms with van der Waals surface area (Å²) in [6.45, 7) is 0. The third-order valence-corrected chi connectivity index (χ3v) is 2.56. The second-order valence-corrected chi connectivity index (χ2v) is 3.97. The van der Waals surface area contributed by atoms with Crippen LogP contribution in [0.25, 0.3) is 0 Å². The van der Waals surface area contributed by atoms with Gasteiger partial charge in [0.1, 0.15) is 12.0 Å². The zero-order chi connectivity index (χ0) is 14.9. The lowest BCUT2D eigenvalue weighted by molar-refractivity contribution is 0.112. The number of nitrogens with zero attached hydrogens (tertiary/aromatic N) is 1. The summed E-state index contributed by atoms with van der Waals surface area (Å²) < 4.78 is 57.2. The third-order valence-electron chi connectivity index (χ3n) is 2.26. The lowest BCUT2D eigenvalue weighted by Crippen LogP contribution is -2.03. The summed E-state index contributed by atoms with van der Waals surface area (Å²) in [7, 11) is 0. The zero-order valence-electron chi connectivity index (χ0n) is 9.46. The molecule has 0 amide bonds. The van der Waals surface area contributed by atoms with Gasteiger partial charge in [0.15, 0.2) is 0 Å². The fourth-order valence-corrected chi connectivity index (χ4v) is 1.57. The van der Waals surface area contributed by atoms with E-state index in [4.69, 9.17) is 16.3 Å². The summed E-state index contributed by atoms with van der Waals surface area (Å²) >= 11 is 5.71. The lowest BCUT2D eigenvalue weighted by atomic mass is 10.2. The van der Waals surface area contributed by atoms with E-state index in [0.717, 1.165) is 12.1 Å². The summed E-state index contributed by atoms with van der Waals surface area (Å²) in [5.41, 5.74) is 0.190. The quantitative estimate of drug-likeness (QED) is 0.490. The molecule has 2 rings (SSSR count). The van der Waals surface area contributed by atoms with Crippen molar-refractivity contribution in [2.24, 2.45) is 0 Å². The van der Waals surface area contributed by atoms with Gasteiger partial charge in [-0.15, -0.1) is 0 Å². The monoisotopic (exact) mass is 305 g/mol. The number of carbonyl (C=O) groups is 1. The highest BCUT2D eigenvalue weighted by Gasteiger charge is 2.23. The molecule has 104 valence electrons. The van der Waals surface area contributed by atoms with Gasteiger partial charge in [-0.25, -0.2) is 0 Å². The molecule has 0 spiro atoms. The molecule has 0 saturated carbocycles. The molecule has 0 bridgehead atoms. The van der Waals surface area contributed by atoms with Crippen LogP contribution in [0.3, 0.4) is 0 Å². The minimum atomic E-state index is -1.85. The van der Waals surface area contributed by atoms with Gasteiger partial charge in [-0.2, -0.15) is 22.5 Å². The Morgan fingerprint density at radius 3 is 2.20 bits per heavy atom. The molecule has 0 aliphatic carbocycles. The fourth-order valence-electron chi connectivity index (χ4n) is 1.34. The van der Waals surface area contributed by atoms with Crippen LogP contribution in [0.5, 0.6) is 11.5 Å². The highest BCUT2D eigenvalue weighted by molar-refractivity contribution is 6.32. The van der Waals surface area contributed by atoms with Gasteiger partial charge in [0.2, 0.25) is 17.4 Å². The molecule has 0 atom stereocenters. The number of hydrogen-bond donors (Lipinski definition) is 0. The Bertz CT molecular complexity index is 667. The van der Waals surface area contributed by atoms with Crippen LogP contribution < -0.4 is 4.74 Å². The van der Waals surface area contributed by atoms with Crippen LogP contribution in [0.15, 0.2) is 18.2 Å². The van der Waals surface area contributed by atoms with Gasteiger partial charge in [0.05, 0.1) is 5.02 Å². The Morgan fingerprint density at radius 1 is 1.10 bits per heavy atom. The maximum Gasteiger partial charge on any atom is 0.255 e. The maximum absolute atomic E-state index is 13.3. The van der Waals surface area contributed by atoms with Crippen molar-refractivity contribution in [2.45, 2.75) is 0 Å². The van der Waals surface area contributed by atoms with Crippen molar-refractivity contribution in [1.82, 2.24) is 4.98 Å². The zero-order valence-corrected chi connectivity index (χ0v) is 10.2. The minimum Gasteiger partial charge on any atom is -0.449 e. The standard InChI is InChI=1S/C12H4ClF4NO2/c13-6-3-5(4-19)1-2-7(6)20-10-8(14)11(16)18-12(17)9(10)15/h1-4H. The summed E-state index contributed by atoms with van der Waals surface area (Å²) in [6.07, 6.45) is 0.489. The molecule has 0 aliphatic heterocycles. The molecule has 0 N–H and O–H groups in total. The lowest BCUT2D eigenvalue weighted by Gasteiger charge is -2.10. The van der Waals surface area contributed by atoms with E-state index in [1.165, 1.54) is 6.07 Å². The molecule has 20 heavy (non-hydrogen) atoms. The van der Waals surface area contributed by atoms with Crippen molar-refractivity contribution in [1.29, 1.82) is 0 Å². The maximum atomic E-state index is 13.3. The smallest absolute Gasteiger partial charge is 0.255 e. The van der Waals surface area contributed by atoms with Crippen LogP contribution in [0.1, 0.15) is 10.4 Å². The second kappa shape index (κ2) is 5.46. The fraction of sp³-hybridized carbons (Fsp3) is 0. The first-order valence-corrected chi connectivity index (χ1v) is 5.44. The van der Waals surface area contributed by atoms with Gasteiger partial charge in [-0.1, -0.05) is 11.6 Å². The van der Waals surface area contributed by atoms with Crippen molar-refractivity contribution in [3.8, 4) is 11.5 Å². The number of halogens is 5. The largest absolute Gasteiger partial charge is 0.449 e. The van der Waals surface area contributed by atoms with Gasteiger partial charge >= 0.3 is 0 Å². The Kier molecular flexibility index (Phi) is 3.89. The molecule has 1 aromatic heterocycles. The van der Waals surface area contributed by atoms with Crippen molar-refractivity contribution in [3.63, 3.8) is 0 Å². The van der Waals surface area contributed by atoms with Crippen molar-refractivity contribution in [3.05, 3.63) is 52.3 Å². The van der Waals surface area contributed by atoms with Crippen LogP contribution >= 0.6 is 11.6 Å². The summed E-state index contributed by atoms with van der Waals surface area (Å²) in [6, 6.07) is 3.53. The summed E-state index contributed by atoms with van der Waals surface area (Å²) in [5.74, 6) is -8.87. The number of aromatic nitrogens is 1. The van der Waals surface area contributed by atoms with Gasteiger partial charge in [-0.05, 0) is 18.2 Å². The molecule has 1 heterocycles. The highest BCUT2D eigenvalue weighted by atomic mass is 35.5. The number of carbonyl (C=O) groups excluding carboxylic acids is 1. The van der Waals surface area contributed by atoms with Crippen molar-refractivity contribution < 1.29 is 27.1 Å². The van der Waals surface area contributed by atoms with E-state index in [0.29, 0.717) is 6.29 Å². The molecule has 2 aromatic rings. The molecule has 0 radical (unpaired) electrons. The van der Waals surface area contributed by atoms with E-state index in [2.05, 4.69) is 4.98 Å². The first kappa shape index (κ1) is 14.3. The van der Waals surface area contributed by atoms with E-state index >= 15 is 0 Å². The Morgan fingerprint density at radius 2 is 1.70 bits per heavy atom. The molecular weight excluding hydrogens is 302 g/mol. The highest BCUT2D eigenvalue weighted by Crippen LogP contribution is 2.33. The predicted octanol–water partition coefficient (Wildman–Crippen LogP) is 3.90. The number of rotatable bonds is 3. The topological polar surface area (TPSA) is 39.2 Å². The van der Waals surface area contributed by atoms with Gasteiger partial charge in [0, 0.05) is 5.56 Å². The molecular formula is C12H4ClF4NO2. The molecule has 0 aliphatic rings. The van der Waals surface area contributed by atoms with E-state index in [9.17, 15) is 22.4 Å². The Balaban J connectivity index is 2.47. The van der Waals surface area contributed by atoms with Gasteiger partial charge < -0.3 is 4.74 Å². The van der Waals surface area contributed by atoms with Crippen LogP contribution in [-0.2, 0) is 0 Å². The third kappa shape index (κ3) is 2.57. The van der Waals surface area contributed by atoms with E-state index < -0.39 is 29.3 Å². The normalized spacial score (nSPS) is 10.4. The number of ether oxygens (including phenoxy) is 1. The average Bonchev–Trinajstić information content (AvgIpc) is 2.42. The molecule has 0 saturated heterocycles. The first-order valence-electron chi connectivity index (χ1n) is 5.06. The van der Waals surface area contributed by atoms with E-state index in [1.54, 1.807) is 0 Å². The number of pyridine rings is 1. The molecule has 1 aromatic carbocycles. The van der Waals surface area contributed by atoms with Crippen LogP contribution in [-0.4, -0.2) is 11.3 Å². The van der Waals surface area contributed by atoms with Gasteiger partial charge in [-0.3, -0.25) is 4.79 Å². The Hall–Kier alpha value is -2.15. The Labute approximate surface area is 114 Å². The first-order chi connectivity index (χ1) is 9.43. The van der Waals surface area contributed by atoms with Crippen LogP contribution in [0.4, 0.5) is 17.6 Å². The molecule has 0 unspecified atom stereocenters. The molecule has 0 fully saturated rings. The number of benzene rings is 1. The van der Waals surface area contributed by atoms with Crippen molar-refractivity contribution in [2.75, 3.05) is 0 Å². The van der Waals surface area contributed by atoms with E-state index in [1.807, 2.05) is 0 Å². The van der Waals surface area contributed by atoms with Gasteiger partial charge in [0.25, 0.3) is 11.9 Å². The van der Waals surface area contributed by atoms with E-state index in [-0.39, 0.29) is 16.3 Å². The SMILES string of the molecule is O=Cc1ccc(Oc2c(F)c(F)nc(F)c2F)c(Cl)c1. The number of aldehydes is 1. The van der Waals surface area contributed by atoms with Crippen LogP contribution in [0, 0.1) is 23.5 Å². The average molecular weight is 306 g/mol. The summed E-state index contributed by atoms with van der Waals surface area (Å²) in [5, 5.41) is -0.161. The van der Waals surface area contributed by atoms with Crippen LogP contribution in [0.2, 0.25) is 5.02 Å².